The number of carbonyl (C=O) groups excluding carboxylic acids is 1. The minimum absolute atomic E-state index is 0.261. The molecule has 0 fully saturated rings. The quantitative estimate of drug-likeness (QED) is 0.535. The molecule has 0 aliphatic carbocycles. The highest BCUT2D eigenvalue weighted by Crippen LogP contribution is 2.30. The predicted molar refractivity (Wildman–Crippen MR) is 114 cm³/mol. The van der Waals surface area contributed by atoms with Crippen LogP contribution in [0, 0.1) is 5.41 Å². The van der Waals surface area contributed by atoms with Crippen molar-refractivity contribution in [3.8, 4) is 0 Å². The number of amides is 1. The molecule has 1 amide bonds. The summed E-state index contributed by atoms with van der Waals surface area (Å²) in [5, 5.41) is 13.0. The molecule has 0 aromatic carbocycles. The van der Waals surface area contributed by atoms with E-state index in [2.05, 4.69) is 14.8 Å². The van der Waals surface area contributed by atoms with Gasteiger partial charge >= 0.3 is 12.3 Å². The maximum absolute atomic E-state index is 12.9. The van der Waals surface area contributed by atoms with Crippen molar-refractivity contribution in [3.63, 3.8) is 0 Å². The van der Waals surface area contributed by atoms with Crippen molar-refractivity contribution < 1.29 is 36.3 Å². The number of hydrogen-bond acceptors (Lipinski definition) is 6. The van der Waals surface area contributed by atoms with Gasteiger partial charge in [-0.05, 0) is 30.5 Å². The second-order valence-electron chi connectivity index (χ2n) is 8.63. The zero-order valence-electron chi connectivity index (χ0n) is 18.9. The zero-order chi connectivity index (χ0) is 25.9. The molecule has 2 atom stereocenters. The van der Waals surface area contributed by atoms with Gasteiger partial charge in [0.15, 0.2) is 16.5 Å². The van der Waals surface area contributed by atoms with Crippen LogP contribution in [0.25, 0.3) is 0 Å². The lowest BCUT2D eigenvalue weighted by atomic mass is 9.84. The molecule has 0 aliphatic heterocycles. The van der Waals surface area contributed by atoms with Crippen molar-refractivity contribution in [3.05, 3.63) is 42.4 Å². The van der Waals surface area contributed by atoms with Gasteiger partial charge in [0.1, 0.15) is 0 Å². The maximum Gasteiger partial charge on any atom is 0.435 e. The lowest BCUT2D eigenvalue weighted by molar-refractivity contribution is -0.141. The number of rotatable bonds is 9. The number of hydrogen-bond donors (Lipinski definition) is 2. The second-order valence-corrected chi connectivity index (χ2v) is 10.3. The van der Waals surface area contributed by atoms with E-state index in [-0.39, 0.29) is 11.6 Å². The fourth-order valence-electron chi connectivity index (χ4n) is 3.19. The van der Waals surface area contributed by atoms with Gasteiger partial charge in [-0.2, -0.15) is 18.3 Å². The van der Waals surface area contributed by atoms with Crippen molar-refractivity contribution in [2.75, 3.05) is 6.54 Å². The van der Waals surface area contributed by atoms with Crippen LogP contribution in [0.4, 0.5) is 18.0 Å². The molecule has 0 bridgehead atoms. The summed E-state index contributed by atoms with van der Waals surface area (Å²) >= 11 is 0. The first kappa shape index (κ1) is 27.2. The molecule has 1 unspecified atom stereocenters. The summed E-state index contributed by atoms with van der Waals surface area (Å²) in [7, 11) is -4.11. The molecule has 0 radical (unpaired) electrons. The Morgan fingerprint density at radius 2 is 1.85 bits per heavy atom. The van der Waals surface area contributed by atoms with Crippen LogP contribution in [0.1, 0.15) is 33.4 Å². The summed E-state index contributed by atoms with van der Waals surface area (Å²) < 4.78 is 66.4. The summed E-state index contributed by atoms with van der Waals surface area (Å²) in [6, 6.07) is 2.68. The van der Waals surface area contributed by atoms with Crippen molar-refractivity contribution in [2.45, 2.75) is 57.5 Å². The second kappa shape index (κ2) is 10.1. The molecular weight excluding hydrogens is 479 g/mol. The molecule has 10 nitrogen and oxygen atoms in total. The Bertz CT molecular complexity index is 1110. The molecule has 188 valence electrons. The first-order valence-corrected chi connectivity index (χ1v) is 11.6. The van der Waals surface area contributed by atoms with Crippen molar-refractivity contribution in [1.82, 2.24) is 24.4 Å². The Hall–Kier alpha value is -3.00. The molecule has 0 saturated heterocycles. The van der Waals surface area contributed by atoms with E-state index in [1.54, 1.807) is 20.8 Å². The highest BCUT2D eigenvalue weighted by atomic mass is 32.2. The average molecular weight is 506 g/mol. The Morgan fingerprint density at radius 1 is 1.21 bits per heavy atom. The van der Waals surface area contributed by atoms with Gasteiger partial charge < -0.3 is 5.11 Å². The van der Waals surface area contributed by atoms with Gasteiger partial charge in [-0.1, -0.05) is 26.8 Å². The average Bonchev–Trinajstić information content (AvgIpc) is 3.20. The molecular formula is C20H26F3N5O5S. The third-order valence-electron chi connectivity index (χ3n) is 5.08. The SMILES string of the molecule is C[C@@H](C(=O)CNS(=O)(=O)c1ccccn1)N(C(=O)O)C(Cn1ccc(C(F)(F)F)n1)C(C)(C)C. The number of nitrogens with zero attached hydrogens (tertiary/aromatic N) is 4. The van der Waals surface area contributed by atoms with E-state index in [0.717, 1.165) is 21.8 Å². The van der Waals surface area contributed by atoms with E-state index < -0.39 is 57.8 Å². The number of sulfonamides is 1. The number of carbonyl (C=O) groups is 2. The molecule has 0 aliphatic rings. The van der Waals surface area contributed by atoms with Gasteiger partial charge in [0, 0.05) is 12.4 Å². The fourth-order valence-corrected chi connectivity index (χ4v) is 4.13. The van der Waals surface area contributed by atoms with Crippen molar-refractivity contribution in [1.29, 1.82) is 0 Å². The lowest BCUT2D eigenvalue weighted by Crippen LogP contribution is -2.56. The normalized spacial score (nSPS) is 14.4. The Balaban J connectivity index is 2.25. The first-order chi connectivity index (χ1) is 15.5. The molecule has 14 heteroatoms. The van der Waals surface area contributed by atoms with Crippen LogP contribution >= 0.6 is 0 Å². The van der Waals surface area contributed by atoms with Crippen LogP contribution in [0.15, 0.2) is 41.7 Å². The van der Waals surface area contributed by atoms with Crippen LogP contribution < -0.4 is 4.72 Å². The van der Waals surface area contributed by atoms with Crippen LogP contribution in [-0.4, -0.2) is 63.7 Å². The van der Waals surface area contributed by atoms with Crippen LogP contribution in [0.3, 0.4) is 0 Å². The standard InChI is InChI=1S/C20H26F3N5O5S/c1-13(14(29)11-25-34(32,33)17-7-5-6-9-24-17)28(18(30)31)16(19(2,3)4)12-27-10-8-15(26-27)20(21,22)23/h5-10,13,16,25H,11-12H2,1-4H3,(H,30,31)/t13-,16?/m0/s1. The fraction of sp³-hybridized carbons (Fsp3) is 0.500. The van der Waals surface area contributed by atoms with E-state index in [1.165, 1.54) is 31.3 Å². The first-order valence-electron chi connectivity index (χ1n) is 10.1. The van der Waals surface area contributed by atoms with E-state index in [1.807, 2.05) is 0 Å². The highest BCUT2D eigenvalue weighted by Gasteiger charge is 2.40. The maximum atomic E-state index is 12.9. The molecule has 2 heterocycles. The van der Waals surface area contributed by atoms with E-state index in [9.17, 15) is 36.3 Å². The Morgan fingerprint density at radius 3 is 2.32 bits per heavy atom. The number of carboxylic acid groups (broad SMARTS) is 1. The molecule has 2 aromatic heterocycles. The third-order valence-corrected chi connectivity index (χ3v) is 6.40. The summed E-state index contributed by atoms with van der Waals surface area (Å²) in [4.78, 5) is 29.4. The van der Waals surface area contributed by atoms with Crippen LogP contribution in [0.2, 0.25) is 0 Å². The number of alkyl halides is 3. The minimum Gasteiger partial charge on any atom is -0.465 e. The van der Waals surface area contributed by atoms with Gasteiger partial charge in [0.2, 0.25) is 0 Å². The topological polar surface area (TPSA) is 134 Å². The van der Waals surface area contributed by atoms with Gasteiger partial charge in [-0.25, -0.2) is 22.9 Å². The van der Waals surface area contributed by atoms with E-state index in [0.29, 0.717) is 0 Å². The minimum atomic E-state index is -4.66. The molecule has 2 N–H and O–H groups in total. The van der Waals surface area contributed by atoms with E-state index in [4.69, 9.17) is 0 Å². The number of ketones is 1. The number of pyridine rings is 1. The molecule has 0 saturated carbocycles. The largest absolute Gasteiger partial charge is 0.465 e. The summed E-state index contributed by atoms with van der Waals surface area (Å²) in [6.45, 7) is 5.33. The van der Waals surface area contributed by atoms with Gasteiger partial charge in [0.25, 0.3) is 10.0 Å². The molecule has 34 heavy (non-hydrogen) atoms. The molecule has 2 rings (SSSR count). The lowest BCUT2D eigenvalue weighted by Gasteiger charge is -2.41. The van der Waals surface area contributed by atoms with Gasteiger partial charge in [0.05, 0.1) is 25.2 Å². The van der Waals surface area contributed by atoms with Gasteiger partial charge in [-0.3, -0.25) is 14.4 Å². The van der Waals surface area contributed by atoms with Crippen LogP contribution in [0.5, 0.6) is 0 Å². The number of halogens is 3. The summed E-state index contributed by atoms with van der Waals surface area (Å²) in [5.74, 6) is -0.757. The Kier molecular flexibility index (Phi) is 8.09. The van der Waals surface area contributed by atoms with E-state index >= 15 is 0 Å². The predicted octanol–water partition coefficient (Wildman–Crippen LogP) is 2.63. The van der Waals surface area contributed by atoms with Gasteiger partial charge in [-0.15, -0.1) is 0 Å². The highest BCUT2D eigenvalue weighted by molar-refractivity contribution is 7.89. The molecule has 2 aromatic rings. The number of Topliss-reactive ketones (excluding diaryl/α,β-unsaturated/α-hetero) is 1. The smallest absolute Gasteiger partial charge is 0.435 e. The monoisotopic (exact) mass is 505 g/mol. The van der Waals surface area contributed by atoms with Crippen molar-refractivity contribution in [2.24, 2.45) is 5.41 Å². The molecule has 0 spiro atoms. The number of aromatic nitrogens is 3. The Labute approximate surface area is 194 Å². The van der Waals surface area contributed by atoms with Crippen LogP contribution in [-0.2, 0) is 27.5 Å². The summed E-state index contributed by atoms with van der Waals surface area (Å²) in [6.07, 6.45) is -3.81. The zero-order valence-corrected chi connectivity index (χ0v) is 19.8. The number of nitrogens with one attached hydrogen (secondary N) is 1. The third kappa shape index (κ3) is 6.76. The summed E-state index contributed by atoms with van der Waals surface area (Å²) in [5.41, 5.74) is -1.94. The van der Waals surface area contributed by atoms with Crippen molar-refractivity contribution >= 4 is 21.9 Å².